The molecule has 20 heavy (non-hydrogen) atoms. The fourth-order valence-corrected chi connectivity index (χ4v) is 2.90. The highest BCUT2D eigenvalue weighted by Gasteiger charge is 2.30. The van der Waals surface area contributed by atoms with Crippen molar-refractivity contribution in [2.75, 3.05) is 18.6 Å². The maximum Gasteiger partial charge on any atom is 0.240 e. The summed E-state index contributed by atoms with van der Waals surface area (Å²) in [6.45, 7) is 2.46. The van der Waals surface area contributed by atoms with Gasteiger partial charge in [-0.25, -0.2) is 0 Å². The van der Waals surface area contributed by atoms with Crippen LogP contribution in [0, 0.1) is 0 Å². The molecule has 2 atom stereocenters. The molecule has 110 valence electrons. The molecule has 1 aliphatic heterocycles. The smallest absolute Gasteiger partial charge is 0.240 e. The predicted molar refractivity (Wildman–Crippen MR) is 77.8 cm³/mol. The van der Waals surface area contributed by atoms with Gasteiger partial charge in [-0.3, -0.25) is 4.79 Å². The van der Waals surface area contributed by atoms with Crippen molar-refractivity contribution in [2.45, 2.75) is 38.3 Å². The van der Waals surface area contributed by atoms with Gasteiger partial charge < -0.3 is 20.5 Å². The second-order valence-corrected chi connectivity index (χ2v) is 5.18. The molecule has 0 aromatic heterocycles. The van der Waals surface area contributed by atoms with Gasteiger partial charge in [0.05, 0.1) is 13.2 Å². The average molecular weight is 278 g/mol. The lowest BCUT2D eigenvalue weighted by Crippen LogP contribution is -2.48. The Bertz CT molecular complexity index is 488. The molecular formula is C15H22N2O3. The Hall–Kier alpha value is -1.75. The summed E-state index contributed by atoms with van der Waals surface area (Å²) in [5, 5.41) is 10.0. The number of nitrogens with zero attached hydrogens (tertiary/aromatic N) is 1. The third-order valence-corrected chi connectivity index (χ3v) is 3.82. The van der Waals surface area contributed by atoms with Crippen LogP contribution in [-0.4, -0.2) is 30.7 Å². The Morgan fingerprint density at radius 2 is 2.25 bits per heavy atom. The van der Waals surface area contributed by atoms with Crippen LogP contribution >= 0.6 is 0 Å². The molecular weight excluding hydrogens is 256 g/mol. The molecule has 0 saturated carbocycles. The molecule has 0 spiro atoms. The standard InChI is InChI=1S/C15H22N2O3/c1-10(18)14-11(7-5-8-13(14)20-2)17-9-4-3-6-12(17)15(16)19/h5,7-8,10,12,18H,3-4,6,9H2,1-2H3,(H2,16,19). The number of carbonyl (C=O) groups is 1. The van der Waals surface area contributed by atoms with E-state index >= 15 is 0 Å². The number of benzene rings is 1. The van der Waals surface area contributed by atoms with Gasteiger partial charge >= 0.3 is 0 Å². The van der Waals surface area contributed by atoms with Crippen molar-refractivity contribution in [3.63, 3.8) is 0 Å². The Labute approximate surface area is 119 Å². The molecule has 1 aromatic carbocycles. The first-order chi connectivity index (χ1) is 9.56. The number of carbonyl (C=O) groups excluding carboxylic acids is 1. The second kappa shape index (κ2) is 6.13. The molecule has 5 nitrogen and oxygen atoms in total. The number of hydrogen-bond acceptors (Lipinski definition) is 4. The number of primary amides is 1. The van der Waals surface area contributed by atoms with Crippen LogP contribution < -0.4 is 15.4 Å². The quantitative estimate of drug-likeness (QED) is 0.877. The van der Waals surface area contributed by atoms with Gasteiger partial charge in [-0.15, -0.1) is 0 Å². The number of anilines is 1. The first-order valence-corrected chi connectivity index (χ1v) is 6.97. The van der Waals surface area contributed by atoms with E-state index in [2.05, 4.69) is 0 Å². The van der Waals surface area contributed by atoms with Gasteiger partial charge in [0.25, 0.3) is 0 Å². The minimum absolute atomic E-state index is 0.312. The van der Waals surface area contributed by atoms with Crippen molar-refractivity contribution in [3.05, 3.63) is 23.8 Å². The van der Waals surface area contributed by atoms with Crippen LogP contribution in [0.2, 0.25) is 0 Å². The van der Waals surface area contributed by atoms with E-state index in [0.717, 1.165) is 31.5 Å². The molecule has 1 amide bonds. The highest BCUT2D eigenvalue weighted by atomic mass is 16.5. The number of amides is 1. The van der Waals surface area contributed by atoms with E-state index in [1.807, 2.05) is 23.1 Å². The van der Waals surface area contributed by atoms with Crippen LogP contribution in [0.5, 0.6) is 5.75 Å². The van der Waals surface area contributed by atoms with Gasteiger partial charge in [-0.1, -0.05) is 6.07 Å². The molecule has 2 unspecified atom stereocenters. The monoisotopic (exact) mass is 278 g/mol. The van der Waals surface area contributed by atoms with Crippen molar-refractivity contribution in [2.24, 2.45) is 5.73 Å². The summed E-state index contributed by atoms with van der Waals surface area (Å²) < 4.78 is 5.33. The third kappa shape index (κ3) is 2.72. The third-order valence-electron chi connectivity index (χ3n) is 3.82. The lowest BCUT2D eigenvalue weighted by atomic mass is 9.97. The van der Waals surface area contributed by atoms with Gasteiger partial charge in [0, 0.05) is 17.8 Å². The van der Waals surface area contributed by atoms with Crippen LogP contribution in [0.25, 0.3) is 0 Å². The van der Waals surface area contributed by atoms with E-state index in [1.54, 1.807) is 14.0 Å². The summed E-state index contributed by atoms with van der Waals surface area (Å²) in [7, 11) is 1.58. The van der Waals surface area contributed by atoms with E-state index in [-0.39, 0.29) is 11.9 Å². The Kier molecular flexibility index (Phi) is 4.49. The van der Waals surface area contributed by atoms with E-state index in [0.29, 0.717) is 11.3 Å². The molecule has 5 heteroatoms. The minimum Gasteiger partial charge on any atom is -0.496 e. The minimum atomic E-state index is -0.670. The summed E-state index contributed by atoms with van der Waals surface area (Å²) in [4.78, 5) is 13.7. The second-order valence-electron chi connectivity index (χ2n) is 5.18. The summed E-state index contributed by atoms with van der Waals surface area (Å²) in [6.07, 6.45) is 2.10. The van der Waals surface area contributed by atoms with Gasteiger partial charge in [0.1, 0.15) is 11.8 Å². The molecule has 0 bridgehead atoms. The Balaban J connectivity index is 2.47. The van der Waals surface area contributed by atoms with Crippen LogP contribution in [0.1, 0.15) is 37.9 Å². The van der Waals surface area contributed by atoms with Crippen LogP contribution in [0.3, 0.4) is 0 Å². The van der Waals surface area contributed by atoms with Gasteiger partial charge in [0.15, 0.2) is 0 Å². The average Bonchev–Trinajstić information content (AvgIpc) is 2.46. The largest absolute Gasteiger partial charge is 0.496 e. The SMILES string of the molecule is COc1cccc(N2CCCCC2C(N)=O)c1C(C)O. The van der Waals surface area contributed by atoms with Crippen LogP contribution in [-0.2, 0) is 4.79 Å². The predicted octanol–water partition coefficient (Wildman–Crippen LogP) is 1.59. The highest BCUT2D eigenvalue weighted by Crippen LogP contribution is 2.37. The van der Waals surface area contributed by atoms with Gasteiger partial charge in [-0.2, -0.15) is 0 Å². The summed E-state index contributed by atoms with van der Waals surface area (Å²) in [5.41, 5.74) is 7.06. The fourth-order valence-electron chi connectivity index (χ4n) is 2.90. The van der Waals surface area contributed by atoms with Crippen molar-refractivity contribution >= 4 is 11.6 Å². The molecule has 3 N–H and O–H groups in total. The number of hydrogen-bond donors (Lipinski definition) is 2. The Morgan fingerprint density at radius 1 is 1.50 bits per heavy atom. The first kappa shape index (κ1) is 14.7. The summed E-state index contributed by atoms with van der Waals surface area (Å²) >= 11 is 0. The summed E-state index contributed by atoms with van der Waals surface area (Å²) in [5.74, 6) is 0.315. The Morgan fingerprint density at radius 3 is 2.85 bits per heavy atom. The zero-order valence-corrected chi connectivity index (χ0v) is 12.0. The van der Waals surface area contributed by atoms with E-state index in [4.69, 9.17) is 10.5 Å². The molecule has 1 heterocycles. The number of ether oxygens (including phenoxy) is 1. The molecule has 1 aromatic rings. The lowest BCUT2D eigenvalue weighted by Gasteiger charge is -2.37. The number of aliphatic hydroxyl groups is 1. The van der Waals surface area contributed by atoms with Crippen molar-refractivity contribution in [3.8, 4) is 5.75 Å². The zero-order chi connectivity index (χ0) is 14.7. The maximum absolute atomic E-state index is 11.7. The number of rotatable bonds is 4. The molecule has 0 radical (unpaired) electrons. The fraction of sp³-hybridized carbons (Fsp3) is 0.533. The van der Waals surface area contributed by atoms with Crippen LogP contribution in [0.4, 0.5) is 5.69 Å². The first-order valence-electron chi connectivity index (χ1n) is 6.97. The zero-order valence-electron chi connectivity index (χ0n) is 12.0. The van der Waals surface area contributed by atoms with Crippen LogP contribution in [0.15, 0.2) is 18.2 Å². The maximum atomic E-state index is 11.7. The van der Waals surface area contributed by atoms with Crippen molar-refractivity contribution in [1.29, 1.82) is 0 Å². The van der Waals surface area contributed by atoms with E-state index in [1.165, 1.54) is 0 Å². The number of piperidine rings is 1. The normalized spacial score (nSPS) is 20.6. The highest BCUT2D eigenvalue weighted by molar-refractivity contribution is 5.84. The number of nitrogens with two attached hydrogens (primary N) is 1. The van der Waals surface area contributed by atoms with Crippen molar-refractivity contribution < 1.29 is 14.6 Å². The van der Waals surface area contributed by atoms with E-state index in [9.17, 15) is 9.90 Å². The van der Waals surface area contributed by atoms with Crippen molar-refractivity contribution in [1.82, 2.24) is 0 Å². The summed E-state index contributed by atoms with van der Waals surface area (Å²) in [6, 6.07) is 5.28. The molecule has 1 aliphatic rings. The number of methoxy groups -OCH3 is 1. The molecule has 1 fully saturated rings. The molecule has 0 aliphatic carbocycles. The topological polar surface area (TPSA) is 75.8 Å². The lowest BCUT2D eigenvalue weighted by molar-refractivity contribution is -0.119. The van der Waals surface area contributed by atoms with E-state index < -0.39 is 6.10 Å². The molecule has 1 saturated heterocycles. The van der Waals surface area contributed by atoms with Gasteiger partial charge in [0.2, 0.25) is 5.91 Å². The van der Waals surface area contributed by atoms with Gasteiger partial charge in [-0.05, 0) is 38.3 Å². The number of aliphatic hydroxyl groups excluding tert-OH is 1. The molecule has 2 rings (SSSR count).